The Morgan fingerprint density at radius 1 is 1.46 bits per heavy atom. The number of hydrogen-bond donors (Lipinski definition) is 1. The van der Waals surface area contributed by atoms with Crippen molar-refractivity contribution in [3.63, 3.8) is 0 Å². The smallest absolute Gasteiger partial charge is 0.0587 e. The fraction of sp³-hybridized carbons (Fsp3) is 0.167. The average molecular weight is 170 g/mol. The van der Waals surface area contributed by atoms with Crippen LogP contribution in [0.1, 0.15) is 23.6 Å². The van der Waals surface area contributed by atoms with E-state index in [-0.39, 0.29) is 0 Å². The fourth-order valence-electron chi connectivity index (χ4n) is 1.61. The zero-order valence-electron chi connectivity index (χ0n) is 7.46. The molecular weight excluding hydrogens is 158 g/mol. The Morgan fingerprint density at radius 3 is 3.15 bits per heavy atom. The second-order valence-corrected chi connectivity index (χ2v) is 3.14. The van der Waals surface area contributed by atoms with Crippen LogP contribution in [0.5, 0.6) is 0 Å². The van der Waals surface area contributed by atoms with Crippen molar-refractivity contribution in [3.05, 3.63) is 54.2 Å². The molecule has 0 aliphatic carbocycles. The molecule has 0 fully saturated rings. The second kappa shape index (κ2) is 3.48. The van der Waals surface area contributed by atoms with Gasteiger partial charge in [0.25, 0.3) is 0 Å². The Hall–Kier alpha value is -1.50. The van der Waals surface area contributed by atoms with Crippen LogP contribution in [-0.2, 0) is 0 Å². The summed E-state index contributed by atoms with van der Waals surface area (Å²) in [5.74, 6) is 0. The molecule has 1 aromatic rings. The summed E-state index contributed by atoms with van der Waals surface area (Å²) in [6.45, 7) is 3.75. The SMILES string of the molecule is C=CCC1N[C]=Cc2ccccc21. The standard InChI is InChI=1S/C12H12N/c1-2-5-12-11-7-4-3-6-10(11)8-9-13-12/h2-4,6-8,12-13H,1,5H2. The Labute approximate surface area is 78.8 Å². The molecule has 0 bridgehead atoms. The molecule has 65 valence electrons. The first kappa shape index (κ1) is 8.11. The zero-order chi connectivity index (χ0) is 9.10. The molecule has 1 unspecified atom stereocenters. The van der Waals surface area contributed by atoms with E-state index in [0.717, 1.165) is 6.42 Å². The van der Waals surface area contributed by atoms with E-state index in [9.17, 15) is 0 Å². The number of rotatable bonds is 2. The van der Waals surface area contributed by atoms with Crippen LogP contribution < -0.4 is 5.32 Å². The van der Waals surface area contributed by atoms with Gasteiger partial charge < -0.3 is 5.32 Å². The van der Waals surface area contributed by atoms with Gasteiger partial charge in [-0.15, -0.1) is 6.58 Å². The van der Waals surface area contributed by atoms with Crippen molar-refractivity contribution in [2.45, 2.75) is 12.5 Å². The molecule has 1 aromatic carbocycles. The Morgan fingerprint density at radius 2 is 2.31 bits per heavy atom. The normalized spacial score (nSPS) is 18.9. The minimum absolute atomic E-state index is 0.346. The third kappa shape index (κ3) is 1.50. The summed E-state index contributed by atoms with van der Waals surface area (Å²) < 4.78 is 0. The van der Waals surface area contributed by atoms with Crippen LogP contribution in [0.4, 0.5) is 0 Å². The van der Waals surface area contributed by atoms with Crippen LogP contribution >= 0.6 is 0 Å². The molecule has 0 amide bonds. The molecule has 1 aliphatic heterocycles. The lowest BCUT2D eigenvalue weighted by Gasteiger charge is -2.21. The first-order chi connectivity index (χ1) is 6.42. The largest absolute Gasteiger partial charge is 0.376 e. The molecule has 1 nitrogen and oxygen atoms in total. The average Bonchev–Trinajstić information content (AvgIpc) is 2.19. The third-order valence-corrected chi connectivity index (χ3v) is 2.26. The minimum atomic E-state index is 0.346. The predicted octanol–water partition coefficient (Wildman–Crippen LogP) is 2.68. The van der Waals surface area contributed by atoms with Crippen molar-refractivity contribution in [1.29, 1.82) is 0 Å². The molecule has 1 radical (unpaired) electrons. The highest BCUT2D eigenvalue weighted by molar-refractivity contribution is 5.55. The van der Waals surface area contributed by atoms with E-state index in [1.54, 1.807) is 0 Å². The van der Waals surface area contributed by atoms with Gasteiger partial charge in [0.1, 0.15) is 0 Å². The van der Waals surface area contributed by atoms with E-state index in [1.807, 2.05) is 18.2 Å². The summed E-state index contributed by atoms with van der Waals surface area (Å²) in [5.41, 5.74) is 2.59. The highest BCUT2D eigenvalue weighted by Crippen LogP contribution is 2.25. The Bertz CT molecular complexity index is 339. The van der Waals surface area contributed by atoms with Gasteiger partial charge in [-0.25, -0.2) is 0 Å². The minimum Gasteiger partial charge on any atom is -0.376 e. The molecule has 1 N–H and O–H groups in total. The van der Waals surface area contributed by atoms with E-state index in [0.29, 0.717) is 6.04 Å². The molecule has 1 heteroatoms. The lowest BCUT2D eigenvalue weighted by atomic mass is 9.96. The summed E-state index contributed by atoms with van der Waals surface area (Å²) in [5, 5.41) is 3.20. The van der Waals surface area contributed by atoms with Crippen molar-refractivity contribution < 1.29 is 0 Å². The number of fused-ring (bicyclic) bond motifs is 1. The van der Waals surface area contributed by atoms with Crippen molar-refractivity contribution in [1.82, 2.24) is 5.32 Å². The topological polar surface area (TPSA) is 12.0 Å². The molecule has 0 saturated carbocycles. The maximum absolute atomic E-state index is 3.75. The molecule has 1 heterocycles. The number of benzene rings is 1. The van der Waals surface area contributed by atoms with Crippen LogP contribution in [0.15, 0.2) is 36.9 Å². The van der Waals surface area contributed by atoms with Gasteiger partial charge in [0.2, 0.25) is 0 Å². The summed E-state index contributed by atoms with van der Waals surface area (Å²) in [6.07, 6.45) is 7.91. The highest BCUT2D eigenvalue weighted by Gasteiger charge is 2.13. The van der Waals surface area contributed by atoms with Gasteiger partial charge in [-0.2, -0.15) is 0 Å². The quantitative estimate of drug-likeness (QED) is 0.673. The van der Waals surface area contributed by atoms with Gasteiger partial charge in [-0.3, -0.25) is 0 Å². The molecular formula is C12H12N. The summed E-state index contributed by atoms with van der Waals surface area (Å²) in [6, 6.07) is 8.72. The molecule has 1 aliphatic rings. The molecule has 1 atom stereocenters. The molecule has 0 aromatic heterocycles. The lowest BCUT2D eigenvalue weighted by molar-refractivity contribution is 0.614. The highest BCUT2D eigenvalue weighted by atomic mass is 14.9. The monoisotopic (exact) mass is 170 g/mol. The zero-order valence-corrected chi connectivity index (χ0v) is 7.46. The van der Waals surface area contributed by atoms with Gasteiger partial charge in [0.15, 0.2) is 0 Å². The van der Waals surface area contributed by atoms with Crippen LogP contribution in [-0.4, -0.2) is 0 Å². The van der Waals surface area contributed by atoms with Crippen LogP contribution in [0, 0.1) is 6.20 Å². The van der Waals surface area contributed by atoms with Crippen LogP contribution in [0.2, 0.25) is 0 Å². The van der Waals surface area contributed by atoms with Gasteiger partial charge in [0, 0.05) is 0 Å². The molecule has 2 rings (SSSR count). The molecule has 0 saturated heterocycles. The van der Waals surface area contributed by atoms with Crippen molar-refractivity contribution in [3.8, 4) is 0 Å². The van der Waals surface area contributed by atoms with Gasteiger partial charge >= 0.3 is 0 Å². The first-order valence-corrected chi connectivity index (χ1v) is 4.46. The first-order valence-electron chi connectivity index (χ1n) is 4.46. The van der Waals surface area contributed by atoms with Crippen LogP contribution in [0.25, 0.3) is 6.08 Å². The van der Waals surface area contributed by atoms with Gasteiger partial charge in [0.05, 0.1) is 12.2 Å². The van der Waals surface area contributed by atoms with Crippen molar-refractivity contribution in [2.75, 3.05) is 0 Å². The Kier molecular flexibility index (Phi) is 2.17. The van der Waals surface area contributed by atoms with E-state index >= 15 is 0 Å². The van der Waals surface area contributed by atoms with E-state index in [2.05, 4.69) is 36.3 Å². The third-order valence-electron chi connectivity index (χ3n) is 2.26. The summed E-state index contributed by atoms with van der Waals surface area (Å²) in [7, 11) is 0. The van der Waals surface area contributed by atoms with Crippen molar-refractivity contribution >= 4 is 6.08 Å². The summed E-state index contributed by atoms with van der Waals surface area (Å²) in [4.78, 5) is 0. The Balaban J connectivity index is 2.37. The van der Waals surface area contributed by atoms with Gasteiger partial charge in [-0.05, 0) is 23.6 Å². The van der Waals surface area contributed by atoms with E-state index < -0.39 is 0 Å². The summed E-state index contributed by atoms with van der Waals surface area (Å²) >= 11 is 0. The number of nitrogens with one attached hydrogen (secondary N) is 1. The predicted molar refractivity (Wildman–Crippen MR) is 54.8 cm³/mol. The maximum atomic E-state index is 3.75. The van der Waals surface area contributed by atoms with E-state index in [1.165, 1.54) is 11.1 Å². The molecule has 13 heavy (non-hydrogen) atoms. The second-order valence-electron chi connectivity index (χ2n) is 3.14. The lowest BCUT2D eigenvalue weighted by Crippen LogP contribution is -2.19. The molecule has 0 spiro atoms. The fourth-order valence-corrected chi connectivity index (χ4v) is 1.61. The van der Waals surface area contributed by atoms with E-state index in [4.69, 9.17) is 0 Å². The van der Waals surface area contributed by atoms with Gasteiger partial charge in [-0.1, -0.05) is 30.3 Å². The number of hydrogen-bond acceptors (Lipinski definition) is 1. The maximum Gasteiger partial charge on any atom is 0.0587 e. The van der Waals surface area contributed by atoms with Crippen molar-refractivity contribution in [2.24, 2.45) is 0 Å². The van der Waals surface area contributed by atoms with Crippen LogP contribution in [0.3, 0.4) is 0 Å².